The summed E-state index contributed by atoms with van der Waals surface area (Å²) in [5.74, 6) is 0.501. The SMILES string of the molecule is CS(=O)(=O)N1CCC(NC(=O)c2ccc(CN)o2)CC1. The van der Waals surface area contributed by atoms with Crippen LogP contribution in [0.3, 0.4) is 0 Å². The van der Waals surface area contributed by atoms with E-state index in [0.717, 1.165) is 0 Å². The molecule has 2 heterocycles. The van der Waals surface area contributed by atoms with Gasteiger partial charge in [0.1, 0.15) is 5.76 Å². The van der Waals surface area contributed by atoms with Crippen molar-refractivity contribution < 1.29 is 17.6 Å². The van der Waals surface area contributed by atoms with Crippen molar-refractivity contribution in [3.8, 4) is 0 Å². The van der Waals surface area contributed by atoms with Crippen LogP contribution in [0.4, 0.5) is 0 Å². The molecule has 3 N–H and O–H groups in total. The molecule has 112 valence electrons. The monoisotopic (exact) mass is 301 g/mol. The van der Waals surface area contributed by atoms with Crippen LogP contribution < -0.4 is 11.1 Å². The van der Waals surface area contributed by atoms with E-state index in [-0.39, 0.29) is 24.3 Å². The maximum absolute atomic E-state index is 11.9. The lowest BCUT2D eigenvalue weighted by Crippen LogP contribution is -2.46. The highest BCUT2D eigenvalue weighted by Crippen LogP contribution is 2.14. The maximum Gasteiger partial charge on any atom is 0.287 e. The Kier molecular flexibility index (Phi) is 4.46. The summed E-state index contributed by atoms with van der Waals surface area (Å²) in [5, 5.41) is 2.85. The standard InChI is InChI=1S/C12H19N3O4S/c1-20(17,18)15-6-4-9(5-7-15)14-12(16)11-3-2-10(8-13)19-11/h2-3,9H,4-8,13H2,1H3,(H,14,16). The van der Waals surface area contributed by atoms with Gasteiger partial charge in [0.2, 0.25) is 10.0 Å². The molecular formula is C12H19N3O4S. The molecule has 0 aromatic carbocycles. The minimum Gasteiger partial charge on any atom is -0.455 e. The van der Waals surface area contributed by atoms with Crippen molar-refractivity contribution in [2.24, 2.45) is 5.73 Å². The summed E-state index contributed by atoms with van der Waals surface area (Å²) in [6, 6.07) is 3.22. The highest BCUT2D eigenvalue weighted by Gasteiger charge is 2.26. The number of hydrogen-bond acceptors (Lipinski definition) is 5. The van der Waals surface area contributed by atoms with E-state index in [2.05, 4.69) is 5.32 Å². The summed E-state index contributed by atoms with van der Waals surface area (Å²) in [6.45, 7) is 1.10. The van der Waals surface area contributed by atoms with Crippen LogP contribution >= 0.6 is 0 Å². The molecule has 0 aliphatic carbocycles. The minimum atomic E-state index is -3.14. The quantitative estimate of drug-likeness (QED) is 0.807. The van der Waals surface area contributed by atoms with Crippen LogP contribution in [0.5, 0.6) is 0 Å². The Hall–Kier alpha value is -1.38. The van der Waals surface area contributed by atoms with Gasteiger partial charge in [0.15, 0.2) is 5.76 Å². The predicted molar refractivity (Wildman–Crippen MR) is 73.5 cm³/mol. The second-order valence-corrected chi connectivity index (χ2v) is 6.86. The van der Waals surface area contributed by atoms with Gasteiger partial charge in [0.25, 0.3) is 5.91 Å². The van der Waals surface area contributed by atoms with E-state index in [0.29, 0.717) is 31.7 Å². The highest BCUT2D eigenvalue weighted by atomic mass is 32.2. The van der Waals surface area contributed by atoms with E-state index in [1.165, 1.54) is 10.6 Å². The lowest BCUT2D eigenvalue weighted by atomic mass is 10.1. The molecule has 1 aliphatic rings. The van der Waals surface area contributed by atoms with Crippen LogP contribution in [0, 0.1) is 0 Å². The molecule has 7 nitrogen and oxygen atoms in total. The number of hydrogen-bond donors (Lipinski definition) is 2. The molecule has 1 aliphatic heterocycles. The smallest absolute Gasteiger partial charge is 0.287 e. The zero-order chi connectivity index (χ0) is 14.8. The molecule has 2 rings (SSSR count). The van der Waals surface area contributed by atoms with Gasteiger partial charge >= 0.3 is 0 Å². The second kappa shape index (κ2) is 5.94. The topological polar surface area (TPSA) is 106 Å². The third-order valence-electron chi connectivity index (χ3n) is 3.34. The molecule has 20 heavy (non-hydrogen) atoms. The van der Waals surface area contributed by atoms with Crippen molar-refractivity contribution >= 4 is 15.9 Å². The average Bonchev–Trinajstić information content (AvgIpc) is 2.87. The van der Waals surface area contributed by atoms with Crippen LogP contribution in [0.1, 0.15) is 29.2 Å². The van der Waals surface area contributed by atoms with Crippen LogP contribution in [-0.2, 0) is 16.6 Å². The number of furan rings is 1. The number of rotatable bonds is 4. The minimum absolute atomic E-state index is 0.0353. The van der Waals surface area contributed by atoms with E-state index >= 15 is 0 Å². The molecule has 0 bridgehead atoms. The maximum atomic E-state index is 11.9. The summed E-state index contributed by atoms with van der Waals surface area (Å²) < 4.78 is 29.5. The van der Waals surface area contributed by atoms with Crippen molar-refractivity contribution in [2.75, 3.05) is 19.3 Å². The summed E-state index contributed by atoms with van der Waals surface area (Å²) in [4.78, 5) is 11.9. The van der Waals surface area contributed by atoms with Gasteiger partial charge in [-0.15, -0.1) is 0 Å². The van der Waals surface area contributed by atoms with Gasteiger partial charge in [-0.25, -0.2) is 12.7 Å². The molecule has 0 radical (unpaired) electrons. The van der Waals surface area contributed by atoms with E-state index in [9.17, 15) is 13.2 Å². The lowest BCUT2D eigenvalue weighted by molar-refractivity contribution is 0.0894. The highest BCUT2D eigenvalue weighted by molar-refractivity contribution is 7.88. The van der Waals surface area contributed by atoms with E-state index < -0.39 is 10.0 Å². The van der Waals surface area contributed by atoms with Gasteiger partial charge in [-0.1, -0.05) is 0 Å². The Morgan fingerprint density at radius 3 is 2.60 bits per heavy atom. The normalized spacial score (nSPS) is 18.1. The Morgan fingerprint density at radius 1 is 1.45 bits per heavy atom. The zero-order valence-corrected chi connectivity index (χ0v) is 12.1. The molecule has 1 saturated heterocycles. The molecule has 1 aromatic rings. The molecular weight excluding hydrogens is 282 g/mol. The van der Waals surface area contributed by atoms with Gasteiger partial charge in [-0.05, 0) is 25.0 Å². The largest absolute Gasteiger partial charge is 0.455 e. The number of sulfonamides is 1. The number of nitrogens with two attached hydrogens (primary N) is 1. The van der Waals surface area contributed by atoms with Crippen molar-refractivity contribution in [3.05, 3.63) is 23.7 Å². The van der Waals surface area contributed by atoms with Crippen LogP contribution in [-0.4, -0.2) is 44.0 Å². The molecule has 1 fully saturated rings. The van der Waals surface area contributed by atoms with E-state index in [4.69, 9.17) is 10.2 Å². The predicted octanol–water partition coefficient (Wildman–Crippen LogP) is -0.108. The third-order valence-corrected chi connectivity index (χ3v) is 4.65. The van der Waals surface area contributed by atoms with Crippen molar-refractivity contribution in [2.45, 2.75) is 25.4 Å². The number of amides is 1. The first-order chi connectivity index (χ1) is 9.40. The third kappa shape index (κ3) is 3.59. The first kappa shape index (κ1) is 15.0. The molecule has 0 saturated carbocycles. The fraction of sp³-hybridized carbons (Fsp3) is 0.583. The number of nitrogens with zero attached hydrogens (tertiary/aromatic N) is 1. The number of piperidine rings is 1. The average molecular weight is 301 g/mol. The Morgan fingerprint density at radius 2 is 2.10 bits per heavy atom. The molecule has 8 heteroatoms. The molecule has 1 aromatic heterocycles. The first-order valence-corrected chi connectivity index (χ1v) is 8.29. The molecule has 0 atom stereocenters. The van der Waals surface area contributed by atoms with Crippen molar-refractivity contribution in [1.29, 1.82) is 0 Å². The van der Waals surface area contributed by atoms with Crippen molar-refractivity contribution in [3.63, 3.8) is 0 Å². The van der Waals surface area contributed by atoms with Gasteiger partial charge < -0.3 is 15.5 Å². The van der Waals surface area contributed by atoms with Gasteiger partial charge in [-0.3, -0.25) is 4.79 Å². The van der Waals surface area contributed by atoms with Crippen LogP contribution in [0.15, 0.2) is 16.5 Å². The van der Waals surface area contributed by atoms with Gasteiger partial charge in [0.05, 0.1) is 12.8 Å². The van der Waals surface area contributed by atoms with E-state index in [1.54, 1.807) is 12.1 Å². The number of carbonyl (C=O) groups excluding carboxylic acids is 1. The lowest BCUT2D eigenvalue weighted by Gasteiger charge is -2.30. The number of carbonyl (C=O) groups is 1. The number of nitrogens with one attached hydrogen (secondary N) is 1. The first-order valence-electron chi connectivity index (χ1n) is 6.45. The summed E-state index contributed by atoms with van der Waals surface area (Å²) in [5.41, 5.74) is 5.42. The van der Waals surface area contributed by atoms with Gasteiger partial charge in [0, 0.05) is 19.1 Å². The summed E-state index contributed by atoms with van der Waals surface area (Å²) in [6.07, 6.45) is 2.40. The summed E-state index contributed by atoms with van der Waals surface area (Å²) >= 11 is 0. The fourth-order valence-electron chi connectivity index (χ4n) is 2.20. The molecule has 0 unspecified atom stereocenters. The Labute approximate surface area is 118 Å². The Bertz CT molecular complexity index is 573. The second-order valence-electron chi connectivity index (χ2n) is 4.88. The van der Waals surface area contributed by atoms with Crippen LogP contribution in [0.2, 0.25) is 0 Å². The van der Waals surface area contributed by atoms with E-state index in [1.807, 2.05) is 0 Å². The Balaban J connectivity index is 1.88. The van der Waals surface area contributed by atoms with Gasteiger partial charge in [-0.2, -0.15) is 0 Å². The van der Waals surface area contributed by atoms with Crippen LogP contribution in [0.25, 0.3) is 0 Å². The zero-order valence-electron chi connectivity index (χ0n) is 11.3. The van der Waals surface area contributed by atoms with Crippen molar-refractivity contribution in [1.82, 2.24) is 9.62 Å². The fourth-order valence-corrected chi connectivity index (χ4v) is 3.07. The molecule has 0 spiro atoms. The molecule has 1 amide bonds. The summed E-state index contributed by atoms with van der Waals surface area (Å²) in [7, 11) is -3.14.